The van der Waals surface area contributed by atoms with Crippen LogP contribution in [0.15, 0.2) is 84.9 Å². The minimum atomic E-state index is 0.188. The zero-order valence-electron chi connectivity index (χ0n) is 15.5. The first-order chi connectivity index (χ1) is 13.3. The lowest BCUT2D eigenvalue weighted by atomic mass is 10.0. The van der Waals surface area contributed by atoms with Gasteiger partial charge in [-0.25, -0.2) is 0 Å². The Kier molecular flexibility index (Phi) is 5.88. The van der Waals surface area contributed by atoms with E-state index >= 15 is 0 Å². The molecule has 0 aromatic heterocycles. The van der Waals surface area contributed by atoms with E-state index in [0.717, 1.165) is 31.2 Å². The fourth-order valence-electron chi connectivity index (χ4n) is 4.00. The van der Waals surface area contributed by atoms with Crippen LogP contribution in [0.5, 0.6) is 0 Å². The second-order valence-electron chi connectivity index (χ2n) is 7.16. The van der Waals surface area contributed by atoms with Crippen molar-refractivity contribution in [1.29, 1.82) is 0 Å². The van der Waals surface area contributed by atoms with Crippen LogP contribution >= 0.6 is 11.6 Å². The predicted molar refractivity (Wildman–Crippen MR) is 113 cm³/mol. The van der Waals surface area contributed by atoms with Gasteiger partial charge in [-0.2, -0.15) is 0 Å². The van der Waals surface area contributed by atoms with Crippen molar-refractivity contribution in [3.05, 3.63) is 107 Å². The third-order valence-electron chi connectivity index (χ3n) is 5.22. The van der Waals surface area contributed by atoms with Crippen LogP contribution in [0.3, 0.4) is 0 Å². The van der Waals surface area contributed by atoms with Gasteiger partial charge in [-0.15, -0.1) is 0 Å². The molecule has 0 aliphatic carbocycles. The summed E-state index contributed by atoms with van der Waals surface area (Å²) < 4.78 is 0. The summed E-state index contributed by atoms with van der Waals surface area (Å²) in [6.45, 7) is 4.02. The minimum absolute atomic E-state index is 0.188. The number of halogens is 1. The Morgan fingerprint density at radius 3 is 1.67 bits per heavy atom. The monoisotopic (exact) mass is 376 g/mol. The third-order valence-corrected chi connectivity index (χ3v) is 5.57. The molecule has 1 saturated heterocycles. The molecule has 0 bridgehead atoms. The molecule has 4 rings (SSSR count). The van der Waals surface area contributed by atoms with Crippen LogP contribution in [-0.4, -0.2) is 22.9 Å². The van der Waals surface area contributed by atoms with Crippen molar-refractivity contribution in [2.75, 3.05) is 13.1 Å². The van der Waals surface area contributed by atoms with E-state index in [1.807, 2.05) is 12.1 Å². The highest BCUT2D eigenvalue weighted by atomic mass is 35.5. The summed E-state index contributed by atoms with van der Waals surface area (Å²) in [5.41, 5.74) is 3.89. The first kappa shape index (κ1) is 18.2. The summed E-state index contributed by atoms with van der Waals surface area (Å²) in [6.07, 6.45) is 1.36. The number of benzene rings is 3. The number of hydrogen-bond acceptors (Lipinski definition) is 2. The van der Waals surface area contributed by atoms with Crippen molar-refractivity contribution >= 4 is 11.6 Å². The van der Waals surface area contributed by atoms with Crippen molar-refractivity contribution < 1.29 is 0 Å². The number of hydrogen-bond donors (Lipinski definition) is 0. The number of rotatable bonds is 5. The Bertz CT molecular complexity index is 801. The average molecular weight is 377 g/mol. The summed E-state index contributed by atoms with van der Waals surface area (Å²) in [7, 11) is 0. The molecule has 27 heavy (non-hydrogen) atoms. The van der Waals surface area contributed by atoms with E-state index < -0.39 is 0 Å². The molecule has 0 spiro atoms. The van der Waals surface area contributed by atoms with Gasteiger partial charge in [0.05, 0.1) is 6.17 Å². The van der Waals surface area contributed by atoms with Gasteiger partial charge in [0.1, 0.15) is 0 Å². The van der Waals surface area contributed by atoms with E-state index in [9.17, 15) is 0 Å². The van der Waals surface area contributed by atoms with Crippen LogP contribution in [0.2, 0.25) is 5.02 Å². The van der Waals surface area contributed by atoms with Crippen LogP contribution in [-0.2, 0) is 13.1 Å². The quantitative estimate of drug-likeness (QED) is 0.559. The maximum absolute atomic E-state index is 6.64. The molecule has 138 valence electrons. The summed E-state index contributed by atoms with van der Waals surface area (Å²) in [6, 6.07) is 29.7. The molecular weight excluding hydrogens is 352 g/mol. The Labute approximate surface area is 167 Å². The highest BCUT2D eigenvalue weighted by Crippen LogP contribution is 2.35. The molecule has 1 aliphatic rings. The van der Waals surface area contributed by atoms with Gasteiger partial charge < -0.3 is 0 Å². The average Bonchev–Trinajstić information content (AvgIpc) is 2.71. The molecule has 3 aromatic carbocycles. The largest absolute Gasteiger partial charge is 0.280 e. The molecular formula is C24H25ClN2. The SMILES string of the molecule is Clc1ccccc1C1N(Cc2ccccc2)CCCN1Cc1ccccc1. The van der Waals surface area contributed by atoms with E-state index in [4.69, 9.17) is 11.6 Å². The van der Waals surface area contributed by atoms with Gasteiger partial charge >= 0.3 is 0 Å². The van der Waals surface area contributed by atoms with Gasteiger partial charge in [-0.05, 0) is 23.6 Å². The van der Waals surface area contributed by atoms with Crippen LogP contribution in [0, 0.1) is 0 Å². The first-order valence-electron chi connectivity index (χ1n) is 9.61. The van der Waals surface area contributed by atoms with Gasteiger partial charge in [0.2, 0.25) is 0 Å². The second kappa shape index (κ2) is 8.71. The smallest absolute Gasteiger partial charge is 0.0906 e. The Balaban J connectivity index is 1.66. The van der Waals surface area contributed by atoms with E-state index in [-0.39, 0.29) is 6.17 Å². The van der Waals surface area contributed by atoms with Crippen LogP contribution < -0.4 is 0 Å². The van der Waals surface area contributed by atoms with E-state index in [1.54, 1.807) is 0 Å². The molecule has 0 atom stereocenters. The maximum Gasteiger partial charge on any atom is 0.0906 e. The van der Waals surface area contributed by atoms with Gasteiger partial charge in [0.15, 0.2) is 0 Å². The van der Waals surface area contributed by atoms with Crippen molar-refractivity contribution in [3.8, 4) is 0 Å². The van der Waals surface area contributed by atoms with Gasteiger partial charge in [0, 0.05) is 36.8 Å². The molecule has 0 radical (unpaired) electrons. The van der Waals surface area contributed by atoms with Crippen molar-refractivity contribution in [2.45, 2.75) is 25.7 Å². The maximum atomic E-state index is 6.64. The van der Waals surface area contributed by atoms with Crippen molar-refractivity contribution in [1.82, 2.24) is 9.80 Å². The number of nitrogens with zero attached hydrogens (tertiary/aromatic N) is 2. The summed E-state index contributed by atoms with van der Waals surface area (Å²) in [4.78, 5) is 5.12. The van der Waals surface area contributed by atoms with Crippen LogP contribution in [0.25, 0.3) is 0 Å². The fraction of sp³-hybridized carbons (Fsp3) is 0.250. The predicted octanol–water partition coefficient (Wildman–Crippen LogP) is 5.75. The molecule has 0 saturated carbocycles. The molecule has 0 amide bonds. The van der Waals surface area contributed by atoms with E-state index in [2.05, 4.69) is 82.6 Å². The zero-order chi connectivity index (χ0) is 18.5. The molecule has 3 heteroatoms. The highest BCUT2D eigenvalue weighted by molar-refractivity contribution is 6.31. The Morgan fingerprint density at radius 1 is 0.667 bits per heavy atom. The topological polar surface area (TPSA) is 6.48 Å². The minimum Gasteiger partial charge on any atom is -0.280 e. The van der Waals surface area contributed by atoms with Gasteiger partial charge in [-0.1, -0.05) is 90.5 Å². The lowest BCUT2D eigenvalue weighted by molar-refractivity contribution is -0.00902. The van der Waals surface area contributed by atoms with Crippen molar-refractivity contribution in [2.24, 2.45) is 0 Å². The normalized spacial score (nSPS) is 16.5. The van der Waals surface area contributed by atoms with Crippen molar-refractivity contribution in [3.63, 3.8) is 0 Å². The molecule has 0 unspecified atom stereocenters. The summed E-state index contributed by atoms with van der Waals surface area (Å²) >= 11 is 6.64. The van der Waals surface area contributed by atoms with Gasteiger partial charge in [-0.3, -0.25) is 9.80 Å². The van der Waals surface area contributed by atoms with Crippen LogP contribution in [0.1, 0.15) is 29.3 Å². The molecule has 1 heterocycles. The molecule has 3 aromatic rings. The van der Waals surface area contributed by atoms with E-state index in [1.165, 1.54) is 23.1 Å². The third kappa shape index (κ3) is 4.41. The second-order valence-corrected chi connectivity index (χ2v) is 7.57. The Hall–Kier alpha value is -2.13. The van der Waals surface area contributed by atoms with Crippen LogP contribution in [0.4, 0.5) is 0 Å². The molecule has 1 aliphatic heterocycles. The lowest BCUT2D eigenvalue weighted by Gasteiger charge is -2.44. The first-order valence-corrected chi connectivity index (χ1v) is 9.99. The zero-order valence-corrected chi connectivity index (χ0v) is 16.2. The summed E-state index contributed by atoms with van der Waals surface area (Å²) in [5, 5.41) is 0.848. The molecule has 0 N–H and O–H groups in total. The molecule has 2 nitrogen and oxygen atoms in total. The Morgan fingerprint density at radius 2 is 1.15 bits per heavy atom. The standard InChI is InChI=1S/C24H25ClN2/c25-23-15-8-7-14-22(23)24-26(18-20-10-3-1-4-11-20)16-9-17-27(24)19-21-12-5-2-6-13-21/h1-8,10-15,24H,9,16-19H2. The lowest BCUT2D eigenvalue weighted by Crippen LogP contribution is -2.47. The fourth-order valence-corrected chi connectivity index (χ4v) is 4.23. The van der Waals surface area contributed by atoms with E-state index in [0.29, 0.717) is 0 Å². The molecule has 1 fully saturated rings. The highest BCUT2D eigenvalue weighted by Gasteiger charge is 2.31. The summed E-state index contributed by atoms with van der Waals surface area (Å²) in [5.74, 6) is 0. The van der Waals surface area contributed by atoms with Gasteiger partial charge in [0.25, 0.3) is 0 Å².